The summed E-state index contributed by atoms with van der Waals surface area (Å²) in [6, 6.07) is 2.01. The van der Waals surface area contributed by atoms with E-state index in [1.165, 1.54) is 5.56 Å². The Morgan fingerprint density at radius 3 is 2.89 bits per heavy atom. The minimum Gasteiger partial charge on any atom is -0.395 e. The van der Waals surface area contributed by atoms with Crippen molar-refractivity contribution < 1.29 is 5.11 Å². The molecule has 0 saturated heterocycles. The van der Waals surface area contributed by atoms with Crippen molar-refractivity contribution in [2.45, 2.75) is 32.6 Å². The van der Waals surface area contributed by atoms with Crippen LogP contribution in [0.5, 0.6) is 0 Å². The quantitative estimate of drug-likeness (QED) is 0.528. The van der Waals surface area contributed by atoms with E-state index < -0.39 is 0 Å². The third kappa shape index (κ3) is 2.87. The lowest BCUT2D eigenvalue weighted by Crippen LogP contribution is -2.31. The number of aliphatic hydroxyl groups is 1. The highest BCUT2D eigenvalue weighted by Gasteiger charge is 2.20. The van der Waals surface area contributed by atoms with Gasteiger partial charge in [0.1, 0.15) is 11.7 Å². The summed E-state index contributed by atoms with van der Waals surface area (Å²) in [7, 11) is 0. The number of rotatable bonds is 6. The zero-order valence-electron chi connectivity index (χ0n) is 11.4. The largest absolute Gasteiger partial charge is 0.395 e. The van der Waals surface area contributed by atoms with Crippen LogP contribution in [0, 0.1) is 5.41 Å². The summed E-state index contributed by atoms with van der Waals surface area (Å²) >= 11 is 0. The fraction of sp³-hybridized carbons (Fsp3) is 0.571. The second-order valence-electron chi connectivity index (χ2n) is 4.94. The molecule has 1 aliphatic carbocycles. The number of pyridine rings is 1. The summed E-state index contributed by atoms with van der Waals surface area (Å²) in [6.45, 7) is 3.51. The van der Waals surface area contributed by atoms with Crippen LogP contribution < -0.4 is 10.6 Å². The topological polar surface area (TPSA) is 86.2 Å². The smallest absolute Gasteiger partial charge is 0.139 e. The molecular weight excluding hydrogens is 240 g/mol. The molecule has 0 radical (unpaired) electrons. The first-order valence-electron chi connectivity index (χ1n) is 6.90. The highest BCUT2D eigenvalue weighted by atomic mass is 16.3. The zero-order chi connectivity index (χ0) is 13.8. The van der Waals surface area contributed by atoms with Crippen molar-refractivity contribution >= 4 is 11.7 Å². The summed E-state index contributed by atoms with van der Waals surface area (Å²) in [4.78, 5) is 6.73. The zero-order valence-corrected chi connectivity index (χ0v) is 11.4. The van der Waals surface area contributed by atoms with Gasteiger partial charge in [-0.15, -0.1) is 0 Å². The number of aliphatic hydroxyl groups excluding tert-OH is 1. The van der Waals surface area contributed by atoms with Crippen molar-refractivity contribution in [2.75, 3.05) is 24.6 Å². The van der Waals surface area contributed by atoms with Gasteiger partial charge in [-0.2, -0.15) is 0 Å². The first-order valence-corrected chi connectivity index (χ1v) is 6.90. The second kappa shape index (κ2) is 6.02. The van der Waals surface area contributed by atoms with Gasteiger partial charge < -0.3 is 15.7 Å². The number of fused-ring (bicyclic) bond motifs is 1. The number of anilines is 1. The van der Waals surface area contributed by atoms with Gasteiger partial charge in [-0.25, -0.2) is 4.98 Å². The number of nitrogen functional groups attached to an aromatic ring is 1. The molecule has 104 valence electrons. The average molecular weight is 262 g/mol. The van der Waals surface area contributed by atoms with Crippen LogP contribution in [0.4, 0.5) is 5.82 Å². The van der Waals surface area contributed by atoms with Crippen molar-refractivity contribution in [2.24, 2.45) is 5.73 Å². The molecule has 4 N–H and O–H groups in total. The lowest BCUT2D eigenvalue weighted by molar-refractivity contribution is 0.301. The molecule has 0 spiro atoms. The van der Waals surface area contributed by atoms with E-state index >= 15 is 0 Å². The maximum Gasteiger partial charge on any atom is 0.139 e. The number of aromatic nitrogens is 1. The van der Waals surface area contributed by atoms with Gasteiger partial charge in [0.2, 0.25) is 0 Å². The van der Waals surface area contributed by atoms with E-state index in [1.54, 1.807) is 0 Å². The minimum absolute atomic E-state index is 0.0521. The second-order valence-corrected chi connectivity index (χ2v) is 4.94. The first-order chi connectivity index (χ1) is 9.17. The van der Waals surface area contributed by atoms with Gasteiger partial charge >= 0.3 is 0 Å². The lowest BCUT2D eigenvalue weighted by atomic mass is 10.1. The number of hydrogen-bond acceptors (Lipinski definition) is 4. The number of nitrogens with one attached hydrogen (secondary N) is 1. The number of amidine groups is 1. The van der Waals surface area contributed by atoms with Crippen LogP contribution in [0.15, 0.2) is 6.07 Å². The van der Waals surface area contributed by atoms with Gasteiger partial charge in [0.15, 0.2) is 0 Å². The Hall–Kier alpha value is -1.62. The summed E-state index contributed by atoms with van der Waals surface area (Å²) in [5.41, 5.74) is 8.73. The summed E-state index contributed by atoms with van der Waals surface area (Å²) < 4.78 is 0. The highest BCUT2D eigenvalue weighted by Crippen LogP contribution is 2.27. The van der Waals surface area contributed by atoms with Crippen molar-refractivity contribution in [3.63, 3.8) is 0 Å². The Balaban J connectivity index is 2.43. The standard InChI is InChI=1S/C14H22N4O/c1-2-6-18(7-8-19)14-11(13(15)16)9-10-4-3-5-12(10)17-14/h9,19H,2-8H2,1H3,(H3,15,16). The molecule has 0 fully saturated rings. The van der Waals surface area contributed by atoms with Crippen molar-refractivity contribution in [3.8, 4) is 0 Å². The molecule has 19 heavy (non-hydrogen) atoms. The van der Waals surface area contributed by atoms with E-state index in [2.05, 4.69) is 6.92 Å². The first kappa shape index (κ1) is 13.8. The normalized spacial score (nSPS) is 13.4. The van der Waals surface area contributed by atoms with E-state index in [0.717, 1.165) is 43.7 Å². The molecule has 5 nitrogen and oxygen atoms in total. The van der Waals surface area contributed by atoms with Crippen molar-refractivity contribution in [1.82, 2.24) is 4.98 Å². The fourth-order valence-electron chi connectivity index (χ4n) is 2.61. The van der Waals surface area contributed by atoms with E-state index in [-0.39, 0.29) is 12.4 Å². The highest BCUT2D eigenvalue weighted by molar-refractivity contribution is 5.99. The van der Waals surface area contributed by atoms with E-state index in [4.69, 9.17) is 16.1 Å². The molecule has 1 aromatic heterocycles. The van der Waals surface area contributed by atoms with Crippen LogP contribution >= 0.6 is 0 Å². The van der Waals surface area contributed by atoms with Gasteiger partial charge in [0.05, 0.1) is 12.2 Å². The third-order valence-electron chi connectivity index (χ3n) is 3.48. The number of nitrogens with two attached hydrogens (primary N) is 1. The van der Waals surface area contributed by atoms with E-state index in [0.29, 0.717) is 12.1 Å². The lowest BCUT2D eigenvalue weighted by Gasteiger charge is -2.25. The molecule has 0 atom stereocenters. The average Bonchev–Trinajstić information content (AvgIpc) is 2.84. The van der Waals surface area contributed by atoms with Crippen LogP contribution in [0.2, 0.25) is 0 Å². The van der Waals surface area contributed by atoms with Gasteiger partial charge in [-0.05, 0) is 37.3 Å². The van der Waals surface area contributed by atoms with Gasteiger partial charge in [0.25, 0.3) is 0 Å². The Morgan fingerprint density at radius 1 is 1.47 bits per heavy atom. The SMILES string of the molecule is CCCN(CCO)c1nc2c(cc1C(=N)N)CCC2. The molecule has 2 rings (SSSR count). The molecule has 1 heterocycles. The number of nitrogens with zero attached hydrogens (tertiary/aromatic N) is 2. The van der Waals surface area contributed by atoms with Crippen LogP contribution in [0.3, 0.4) is 0 Å². The Bertz CT molecular complexity index is 467. The third-order valence-corrected chi connectivity index (χ3v) is 3.48. The molecule has 0 aliphatic heterocycles. The van der Waals surface area contributed by atoms with Gasteiger partial charge in [-0.3, -0.25) is 5.41 Å². The summed E-state index contributed by atoms with van der Waals surface area (Å²) in [5.74, 6) is 0.806. The molecular formula is C14H22N4O. The summed E-state index contributed by atoms with van der Waals surface area (Å²) in [6.07, 6.45) is 4.11. The van der Waals surface area contributed by atoms with Crippen molar-refractivity contribution in [3.05, 3.63) is 22.9 Å². The molecule has 0 amide bonds. The molecule has 0 bridgehead atoms. The van der Waals surface area contributed by atoms with Gasteiger partial charge in [0, 0.05) is 18.8 Å². The summed E-state index contributed by atoms with van der Waals surface area (Å²) in [5, 5.41) is 16.9. The molecule has 1 aliphatic rings. The number of aryl methyl sites for hydroxylation is 2. The molecule has 0 unspecified atom stereocenters. The maximum atomic E-state index is 9.19. The van der Waals surface area contributed by atoms with Crippen molar-refractivity contribution in [1.29, 1.82) is 5.41 Å². The molecule has 0 aromatic carbocycles. The van der Waals surface area contributed by atoms with E-state index in [1.807, 2.05) is 11.0 Å². The van der Waals surface area contributed by atoms with Crippen LogP contribution in [-0.2, 0) is 12.8 Å². The predicted molar refractivity (Wildman–Crippen MR) is 76.9 cm³/mol. The molecule has 0 saturated carbocycles. The number of hydrogen-bond donors (Lipinski definition) is 3. The monoisotopic (exact) mass is 262 g/mol. The van der Waals surface area contributed by atoms with Gasteiger partial charge in [-0.1, -0.05) is 6.92 Å². The Kier molecular flexibility index (Phi) is 4.37. The van der Waals surface area contributed by atoms with Crippen LogP contribution in [0.25, 0.3) is 0 Å². The predicted octanol–water partition coefficient (Wildman–Crippen LogP) is 1.06. The maximum absolute atomic E-state index is 9.19. The minimum atomic E-state index is 0.0521. The molecule has 5 heteroatoms. The van der Waals surface area contributed by atoms with Crippen LogP contribution in [0.1, 0.15) is 36.6 Å². The van der Waals surface area contributed by atoms with E-state index in [9.17, 15) is 5.11 Å². The Morgan fingerprint density at radius 2 is 2.26 bits per heavy atom. The fourth-order valence-corrected chi connectivity index (χ4v) is 2.61. The Labute approximate surface area is 114 Å². The molecule has 1 aromatic rings. The van der Waals surface area contributed by atoms with Crippen LogP contribution in [-0.4, -0.2) is 35.6 Å².